The first kappa shape index (κ1) is 14.5. The molecule has 0 aliphatic carbocycles. The molecule has 0 aliphatic heterocycles. The van der Waals surface area contributed by atoms with Crippen LogP contribution in [0.15, 0.2) is 42.5 Å². The van der Waals surface area contributed by atoms with Crippen LogP contribution in [0.1, 0.15) is 15.9 Å². The van der Waals surface area contributed by atoms with Gasteiger partial charge in [0.25, 0.3) is 5.91 Å². The maximum atomic E-state index is 13.6. The fourth-order valence-corrected chi connectivity index (χ4v) is 1.86. The van der Waals surface area contributed by atoms with Crippen LogP contribution in [0.4, 0.5) is 10.1 Å². The first-order valence-electron chi connectivity index (χ1n) is 6.07. The summed E-state index contributed by atoms with van der Waals surface area (Å²) >= 11 is 0. The highest BCUT2D eigenvalue weighted by Gasteiger charge is 2.16. The van der Waals surface area contributed by atoms with E-state index in [2.05, 4.69) is 5.32 Å². The Balaban J connectivity index is 2.22. The van der Waals surface area contributed by atoms with E-state index in [0.29, 0.717) is 11.3 Å². The number of rotatable bonds is 4. The summed E-state index contributed by atoms with van der Waals surface area (Å²) in [4.78, 5) is 22.6. The molecule has 0 aromatic heterocycles. The van der Waals surface area contributed by atoms with Crippen molar-refractivity contribution in [3.8, 4) is 5.75 Å². The lowest BCUT2D eigenvalue weighted by Gasteiger charge is -2.08. The Hall–Kier alpha value is -2.89. The smallest absolute Gasteiger partial charge is 0.307 e. The molecule has 3 N–H and O–H groups in total. The molecule has 2 aromatic rings. The van der Waals surface area contributed by atoms with Crippen molar-refractivity contribution in [1.82, 2.24) is 0 Å². The standard InChI is InChI=1S/C15H12FNO4/c16-11-5-2-6-12(18)14(11)15(21)17-10-4-1-3-9(7-10)8-13(19)20/h1-7,18H,8H2,(H,17,21)(H,19,20). The van der Waals surface area contributed by atoms with Gasteiger partial charge in [-0.1, -0.05) is 18.2 Å². The fraction of sp³-hybridized carbons (Fsp3) is 0.0667. The van der Waals surface area contributed by atoms with E-state index in [0.717, 1.165) is 6.07 Å². The zero-order valence-corrected chi connectivity index (χ0v) is 10.8. The lowest BCUT2D eigenvalue weighted by molar-refractivity contribution is -0.136. The quantitative estimate of drug-likeness (QED) is 0.806. The van der Waals surface area contributed by atoms with Gasteiger partial charge in [-0.15, -0.1) is 0 Å². The number of benzene rings is 2. The summed E-state index contributed by atoms with van der Waals surface area (Å²) in [6, 6.07) is 9.76. The predicted molar refractivity (Wildman–Crippen MR) is 73.8 cm³/mol. The summed E-state index contributed by atoms with van der Waals surface area (Å²) in [5, 5.41) is 20.7. The molecule has 5 nitrogen and oxygen atoms in total. The molecule has 0 atom stereocenters. The third-order valence-electron chi connectivity index (χ3n) is 2.76. The lowest BCUT2D eigenvalue weighted by atomic mass is 10.1. The number of carboxylic acid groups (broad SMARTS) is 1. The van der Waals surface area contributed by atoms with Crippen LogP contribution in [0.5, 0.6) is 5.75 Å². The van der Waals surface area contributed by atoms with Crippen molar-refractivity contribution in [2.75, 3.05) is 5.32 Å². The first-order chi connectivity index (χ1) is 9.97. The van der Waals surface area contributed by atoms with Crippen LogP contribution in [0.2, 0.25) is 0 Å². The minimum atomic E-state index is -0.995. The van der Waals surface area contributed by atoms with Gasteiger partial charge >= 0.3 is 5.97 Å². The molecule has 1 amide bonds. The van der Waals surface area contributed by atoms with Gasteiger partial charge in [-0.25, -0.2) is 4.39 Å². The second-order valence-corrected chi connectivity index (χ2v) is 4.36. The van der Waals surface area contributed by atoms with Gasteiger partial charge in [0.2, 0.25) is 0 Å². The first-order valence-corrected chi connectivity index (χ1v) is 6.07. The average molecular weight is 289 g/mol. The van der Waals surface area contributed by atoms with Crippen LogP contribution >= 0.6 is 0 Å². The largest absolute Gasteiger partial charge is 0.507 e. The number of aromatic hydroxyl groups is 1. The number of nitrogens with one attached hydrogen (secondary N) is 1. The zero-order valence-electron chi connectivity index (χ0n) is 10.8. The molecule has 0 unspecified atom stereocenters. The summed E-state index contributed by atoms with van der Waals surface area (Å²) < 4.78 is 13.6. The monoisotopic (exact) mass is 289 g/mol. The van der Waals surface area contributed by atoms with Gasteiger partial charge in [-0.05, 0) is 29.8 Å². The van der Waals surface area contributed by atoms with E-state index in [1.165, 1.54) is 18.2 Å². The molecule has 0 saturated heterocycles. The number of hydrogen-bond acceptors (Lipinski definition) is 3. The van der Waals surface area contributed by atoms with Crippen LogP contribution in [0.3, 0.4) is 0 Å². The molecule has 6 heteroatoms. The van der Waals surface area contributed by atoms with Crippen molar-refractivity contribution >= 4 is 17.6 Å². The summed E-state index contributed by atoms with van der Waals surface area (Å²) in [6.07, 6.45) is -0.186. The minimum Gasteiger partial charge on any atom is -0.507 e. The van der Waals surface area contributed by atoms with E-state index < -0.39 is 29.0 Å². The van der Waals surface area contributed by atoms with E-state index >= 15 is 0 Å². The SMILES string of the molecule is O=C(O)Cc1cccc(NC(=O)c2c(O)cccc2F)c1. The minimum absolute atomic E-state index is 0.186. The fourth-order valence-electron chi connectivity index (χ4n) is 1.86. The maximum Gasteiger partial charge on any atom is 0.307 e. The number of halogens is 1. The average Bonchev–Trinajstić information content (AvgIpc) is 2.37. The Morgan fingerprint density at radius 3 is 2.52 bits per heavy atom. The molecule has 0 spiro atoms. The normalized spacial score (nSPS) is 10.1. The number of amides is 1. The summed E-state index contributed by atoms with van der Waals surface area (Å²) in [7, 11) is 0. The van der Waals surface area contributed by atoms with E-state index in [-0.39, 0.29) is 6.42 Å². The number of phenolic OH excluding ortho intramolecular Hbond substituents is 1. The van der Waals surface area contributed by atoms with E-state index in [1.807, 2.05) is 0 Å². The maximum absolute atomic E-state index is 13.6. The Kier molecular flexibility index (Phi) is 4.18. The van der Waals surface area contributed by atoms with Gasteiger partial charge in [0.15, 0.2) is 0 Å². The molecule has 0 aliphatic rings. The summed E-state index contributed by atoms with van der Waals surface area (Å²) in [6.45, 7) is 0. The van der Waals surface area contributed by atoms with Crippen molar-refractivity contribution in [3.05, 3.63) is 59.4 Å². The van der Waals surface area contributed by atoms with Crippen LogP contribution in [-0.2, 0) is 11.2 Å². The van der Waals surface area contributed by atoms with Gasteiger partial charge in [-0.2, -0.15) is 0 Å². The van der Waals surface area contributed by atoms with E-state index in [1.54, 1.807) is 18.2 Å². The zero-order chi connectivity index (χ0) is 15.4. The van der Waals surface area contributed by atoms with Gasteiger partial charge in [0.1, 0.15) is 17.1 Å². The number of aliphatic carboxylic acids is 1. The molecule has 0 fully saturated rings. The highest BCUT2D eigenvalue weighted by atomic mass is 19.1. The van der Waals surface area contributed by atoms with Crippen LogP contribution < -0.4 is 5.32 Å². The third kappa shape index (κ3) is 3.56. The van der Waals surface area contributed by atoms with Crippen molar-refractivity contribution in [2.24, 2.45) is 0 Å². The second-order valence-electron chi connectivity index (χ2n) is 4.36. The number of phenols is 1. The van der Waals surface area contributed by atoms with Crippen molar-refractivity contribution in [1.29, 1.82) is 0 Å². The van der Waals surface area contributed by atoms with E-state index in [4.69, 9.17) is 5.11 Å². The van der Waals surface area contributed by atoms with Gasteiger partial charge in [0, 0.05) is 5.69 Å². The van der Waals surface area contributed by atoms with Crippen LogP contribution in [0, 0.1) is 5.82 Å². The molecular formula is C15H12FNO4. The number of carboxylic acids is 1. The molecule has 0 bridgehead atoms. The molecule has 2 aromatic carbocycles. The van der Waals surface area contributed by atoms with Crippen molar-refractivity contribution in [2.45, 2.75) is 6.42 Å². The molecule has 2 rings (SSSR count). The third-order valence-corrected chi connectivity index (χ3v) is 2.76. The number of carbonyl (C=O) groups is 2. The lowest BCUT2D eigenvalue weighted by Crippen LogP contribution is -2.14. The molecule has 0 saturated carbocycles. The molecule has 108 valence electrons. The molecule has 0 radical (unpaired) electrons. The number of anilines is 1. The molecular weight excluding hydrogens is 277 g/mol. The highest BCUT2D eigenvalue weighted by Crippen LogP contribution is 2.21. The van der Waals surface area contributed by atoms with E-state index in [9.17, 15) is 19.1 Å². The van der Waals surface area contributed by atoms with Crippen molar-refractivity contribution in [3.63, 3.8) is 0 Å². The molecule has 21 heavy (non-hydrogen) atoms. The number of hydrogen-bond donors (Lipinski definition) is 3. The second kappa shape index (κ2) is 6.04. The van der Waals surface area contributed by atoms with Crippen molar-refractivity contribution < 1.29 is 24.2 Å². The van der Waals surface area contributed by atoms with Gasteiger partial charge < -0.3 is 15.5 Å². The predicted octanol–water partition coefficient (Wildman–Crippen LogP) is 2.41. The Bertz CT molecular complexity index is 680. The topological polar surface area (TPSA) is 86.6 Å². The highest BCUT2D eigenvalue weighted by molar-refractivity contribution is 6.06. The van der Waals surface area contributed by atoms with Crippen LogP contribution in [0.25, 0.3) is 0 Å². The van der Waals surface area contributed by atoms with Crippen LogP contribution in [-0.4, -0.2) is 22.1 Å². The Morgan fingerprint density at radius 2 is 1.86 bits per heavy atom. The summed E-state index contributed by atoms with van der Waals surface area (Å²) in [5.41, 5.74) is 0.362. The Morgan fingerprint density at radius 1 is 1.14 bits per heavy atom. The summed E-state index contributed by atoms with van der Waals surface area (Å²) in [5.74, 6) is -3.10. The van der Waals surface area contributed by atoms with Gasteiger partial charge in [-0.3, -0.25) is 9.59 Å². The molecule has 0 heterocycles. The number of carbonyl (C=O) groups excluding carboxylic acids is 1. The Labute approximate surface area is 119 Å². The van der Waals surface area contributed by atoms with Gasteiger partial charge in [0.05, 0.1) is 6.42 Å².